The lowest BCUT2D eigenvalue weighted by Gasteiger charge is -2.18. The molecule has 1 unspecified atom stereocenters. The lowest BCUT2D eigenvalue weighted by Crippen LogP contribution is -2.22. The smallest absolute Gasteiger partial charge is 0.127 e. The van der Waals surface area contributed by atoms with Gasteiger partial charge in [-0.1, -0.05) is 64.2 Å². The van der Waals surface area contributed by atoms with Gasteiger partial charge >= 0.3 is 0 Å². The summed E-state index contributed by atoms with van der Waals surface area (Å²) in [5.74, 6) is -0.0928. The van der Waals surface area contributed by atoms with Crippen molar-refractivity contribution in [2.45, 2.75) is 64.8 Å². The van der Waals surface area contributed by atoms with Gasteiger partial charge in [0, 0.05) is 11.6 Å². The van der Waals surface area contributed by atoms with Crippen LogP contribution in [0.15, 0.2) is 24.3 Å². The summed E-state index contributed by atoms with van der Waals surface area (Å²) in [4.78, 5) is 0. The van der Waals surface area contributed by atoms with Crippen LogP contribution < -0.4 is 5.32 Å². The molecule has 2 heteroatoms. The molecule has 19 heavy (non-hydrogen) atoms. The van der Waals surface area contributed by atoms with Crippen LogP contribution in [0, 0.1) is 5.82 Å². The molecule has 1 aromatic rings. The van der Waals surface area contributed by atoms with Crippen LogP contribution in [-0.4, -0.2) is 6.54 Å². The van der Waals surface area contributed by atoms with Crippen molar-refractivity contribution in [2.24, 2.45) is 0 Å². The van der Waals surface area contributed by atoms with Crippen molar-refractivity contribution >= 4 is 0 Å². The zero-order chi connectivity index (χ0) is 13.9. The highest BCUT2D eigenvalue weighted by atomic mass is 19.1. The van der Waals surface area contributed by atoms with E-state index in [0.29, 0.717) is 0 Å². The van der Waals surface area contributed by atoms with Gasteiger partial charge < -0.3 is 5.32 Å². The second-order valence-electron chi connectivity index (χ2n) is 5.20. The summed E-state index contributed by atoms with van der Waals surface area (Å²) in [5.41, 5.74) is 0.802. The summed E-state index contributed by atoms with van der Waals surface area (Å²) >= 11 is 0. The number of unbranched alkanes of at least 4 members (excludes halogenated alkanes) is 5. The average Bonchev–Trinajstić information content (AvgIpc) is 2.43. The van der Waals surface area contributed by atoms with E-state index in [4.69, 9.17) is 0 Å². The lowest BCUT2D eigenvalue weighted by atomic mass is 10.0. The molecule has 0 amide bonds. The third-order valence-electron chi connectivity index (χ3n) is 3.61. The molecule has 108 valence electrons. The Morgan fingerprint density at radius 1 is 1.00 bits per heavy atom. The van der Waals surface area contributed by atoms with Gasteiger partial charge in [0.05, 0.1) is 0 Å². The summed E-state index contributed by atoms with van der Waals surface area (Å²) in [6.45, 7) is 5.33. The number of hydrogen-bond donors (Lipinski definition) is 1. The molecule has 0 bridgehead atoms. The second-order valence-corrected chi connectivity index (χ2v) is 5.20. The maximum atomic E-state index is 13.7. The van der Waals surface area contributed by atoms with E-state index >= 15 is 0 Å². The first-order valence-electron chi connectivity index (χ1n) is 7.77. The predicted octanol–water partition coefficient (Wildman–Crippen LogP) is 5.23. The molecule has 0 saturated carbocycles. The third-order valence-corrected chi connectivity index (χ3v) is 3.61. The second kappa shape index (κ2) is 9.96. The van der Waals surface area contributed by atoms with Crippen LogP contribution in [0.3, 0.4) is 0 Å². The lowest BCUT2D eigenvalue weighted by molar-refractivity contribution is 0.472. The Kier molecular flexibility index (Phi) is 8.48. The van der Waals surface area contributed by atoms with Gasteiger partial charge in [0.25, 0.3) is 0 Å². The van der Waals surface area contributed by atoms with Gasteiger partial charge in [0.2, 0.25) is 0 Å². The number of hydrogen-bond acceptors (Lipinski definition) is 1. The van der Waals surface area contributed by atoms with Crippen LogP contribution in [-0.2, 0) is 0 Å². The van der Waals surface area contributed by atoms with E-state index in [1.54, 1.807) is 12.1 Å². The molecule has 0 aromatic heterocycles. The molecule has 0 radical (unpaired) electrons. The SMILES string of the molecule is CCCCCCCCNC(CC)c1ccccc1F. The molecule has 1 N–H and O–H groups in total. The molecule has 0 aliphatic heterocycles. The van der Waals surface area contributed by atoms with Crippen LogP contribution in [0.5, 0.6) is 0 Å². The molecule has 1 rings (SSSR count). The average molecular weight is 265 g/mol. The van der Waals surface area contributed by atoms with E-state index in [-0.39, 0.29) is 11.9 Å². The first-order valence-corrected chi connectivity index (χ1v) is 7.77. The van der Waals surface area contributed by atoms with Crippen molar-refractivity contribution in [1.82, 2.24) is 5.32 Å². The minimum atomic E-state index is -0.0928. The monoisotopic (exact) mass is 265 g/mol. The maximum absolute atomic E-state index is 13.7. The standard InChI is InChI=1S/C17H28FN/c1-3-5-6-7-8-11-14-19-17(4-2)15-12-9-10-13-16(15)18/h9-10,12-13,17,19H,3-8,11,14H2,1-2H3. The highest BCUT2D eigenvalue weighted by molar-refractivity contribution is 5.20. The van der Waals surface area contributed by atoms with Crippen molar-refractivity contribution in [3.8, 4) is 0 Å². The molecular weight excluding hydrogens is 237 g/mol. The zero-order valence-corrected chi connectivity index (χ0v) is 12.4. The molecule has 0 saturated heterocycles. The molecule has 1 atom stereocenters. The fourth-order valence-corrected chi connectivity index (χ4v) is 2.41. The van der Waals surface area contributed by atoms with Gasteiger partial charge in [0.1, 0.15) is 5.82 Å². The van der Waals surface area contributed by atoms with Crippen LogP contribution in [0.4, 0.5) is 4.39 Å². The molecule has 1 nitrogen and oxygen atoms in total. The Morgan fingerprint density at radius 2 is 1.68 bits per heavy atom. The van der Waals surface area contributed by atoms with Gasteiger partial charge in [-0.3, -0.25) is 0 Å². The molecule has 1 aromatic carbocycles. The Bertz CT molecular complexity index is 338. The highest BCUT2D eigenvalue weighted by Gasteiger charge is 2.11. The molecule has 0 spiro atoms. The molecule has 0 heterocycles. The first kappa shape index (κ1) is 16.2. The van der Waals surface area contributed by atoms with Crippen molar-refractivity contribution in [1.29, 1.82) is 0 Å². The van der Waals surface area contributed by atoms with E-state index < -0.39 is 0 Å². The zero-order valence-electron chi connectivity index (χ0n) is 12.4. The quantitative estimate of drug-likeness (QED) is 0.571. The fraction of sp³-hybridized carbons (Fsp3) is 0.647. The molecule has 0 fully saturated rings. The van der Waals surface area contributed by atoms with E-state index in [0.717, 1.165) is 18.5 Å². The number of halogens is 1. The summed E-state index contributed by atoms with van der Waals surface area (Å²) < 4.78 is 13.7. The fourth-order valence-electron chi connectivity index (χ4n) is 2.41. The first-order chi connectivity index (χ1) is 9.29. The van der Waals surface area contributed by atoms with Gasteiger partial charge in [-0.05, 0) is 25.5 Å². The van der Waals surface area contributed by atoms with Gasteiger partial charge in [-0.2, -0.15) is 0 Å². The van der Waals surface area contributed by atoms with Crippen molar-refractivity contribution in [3.63, 3.8) is 0 Å². The van der Waals surface area contributed by atoms with Crippen LogP contribution in [0.1, 0.15) is 70.4 Å². The van der Waals surface area contributed by atoms with E-state index in [9.17, 15) is 4.39 Å². The number of benzene rings is 1. The van der Waals surface area contributed by atoms with Gasteiger partial charge in [-0.25, -0.2) is 4.39 Å². The van der Waals surface area contributed by atoms with Crippen molar-refractivity contribution in [3.05, 3.63) is 35.6 Å². The largest absolute Gasteiger partial charge is 0.310 e. The summed E-state index contributed by atoms with van der Waals surface area (Å²) in [7, 11) is 0. The Hall–Kier alpha value is -0.890. The maximum Gasteiger partial charge on any atom is 0.127 e. The normalized spacial score (nSPS) is 12.6. The van der Waals surface area contributed by atoms with E-state index in [1.165, 1.54) is 38.5 Å². The summed E-state index contributed by atoms with van der Waals surface area (Å²) in [5, 5.41) is 3.48. The van der Waals surface area contributed by atoms with Crippen molar-refractivity contribution < 1.29 is 4.39 Å². The van der Waals surface area contributed by atoms with Crippen LogP contribution in [0.25, 0.3) is 0 Å². The van der Waals surface area contributed by atoms with Crippen LogP contribution in [0.2, 0.25) is 0 Å². The molecule has 0 aliphatic rings. The topological polar surface area (TPSA) is 12.0 Å². The Morgan fingerprint density at radius 3 is 2.37 bits per heavy atom. The highest BCUT2D eigenvalue weighted by Crippen LogP contribution is 2.19. The van der Waals surface area contributed by atoms with E-state index in [1.807, 2.05) is 12.1 Å². The number of rotatable bonds is 10. The van der Waals surface area contributed by atoms with Gasteiger partial charge in [0.15, 0.2) is 0 Å². The third kappa shape index (κ3) is 6.20. The Balaban J connectivity index is 2.24. The predicted molar refractivity (Wildman–Crippen MR) is 80.8 cm³/mol. The Labute approximate surface area is 117 Å². The van der Waals surface area contributed by atoms with Gasteiger partial charge in [-0.15, -0.1) is 0 Å². The summed E-state index contributed by atoms with van der Waals surface area (Å²) in [6.07, 6.45) is 8.71. The molecule has 0 aliphatic carbocycles. The number of nitrogens with one attached hydrogen (secondary N) is 1. The minimum Gasteiger partial charge on any atom is -0.310 e. The summed E-state index contributed by atoms with van der Waals surface area (Å²) in [6, 6.07) is 7.24. The minimum absolute atomic E-state index is 0.0928. The van der Waals surface area contributed by atoms with E-state index in [2.05, 4.69) is 19.2 Å². The molecular formula is C17H28FN. The van der Waals surface area contributed by atoms with Crippen molar-refractivity contribution in [2.75, 3.05) is 6.54 Å². The van der Waals surface area contributed by atoms with Crippen LogP contribution >= 0.6 is 0 Å².